The Labute approximate surface area is 172 Å². The van der Waals surface area contributed by atoms with Crippen LogP contribution >= 0.6 is 0 Å². The zero-order valence-electron chi connectivity index (χ0n) is 16.9. The molecule has 0 unspecified atom stereocenters. The molecule has 0 aromatic heterocycles. The van der Waals surface area contributed by atoms with E-state index in [9.17, 15) is 4.79 Å². The quantitative estimate of drug-likeness (QED) is 0.751. The largest absolute Gasteiger partial charge is 0.454 e. The van der Waals surface area contributed by atoms with Gasteiger partial charge in [0, 0.05) is 24.8 Å². The molecule has 0 aliphatic carbocycles. The van der Waals surface area contributed by atoms with E-state index in [1.807, 2.05) is 19.1 Å². The Bertz CT molecular complexity index is 849. The van der Waals surface area contributed by atoms with Gasteiger partial charge in [-0.2, -0.15) is 0 Å². The molecule has 6 heteroatoms. The molecule has 0 spiro atoms. The second kappa shape index (κ2) is 9.29. The molecule has 2 aliphatic rings. The van der Waals surface area contributed by atoms with E-state index in [1.165, 1.54) is 43.5 Å². The first-order valence-corrected chi connectivity index (χ1v) is 10.4. The van der Waals surface area contributed by atoms with Gasteiger partial charge in [-0.1, -0.05) is 30.7 Å². The van der Waals surface area contributed by atoms with Gasteiger partial charge in [0.05, 0.1) is 6.04 Å². The fourth-order valence-electron chi connectivity index (χ4n) is 3.82. The predicted octanol–water partition coefficient (Wildman–Crippen LogP) is 3.52. The van der Waals surface area contributed by atoms with Crippen LogP contribution in [0.5, 0.6) is 11.5 Å². The van der Waals surface area contributed by atoms with Crippen LogP contribution in [-0.2, 0) is 17.9 Å². The number of nitrogens with zero attached hydrogens (tertiary/aromatic N) is 1. The lowest BCUT2D eigenvalue weighted by Gasteiger charge is -2.27. The van der Waals surface area contributed by atoms with Crippen LogP contribution in [0.3, 0.4) is 0 Å². The Morgan fingerprint density at radius 3 is 2.62 bits per heavy atom. The van der Waals surface area contributed by atoms with Gasteiger partial charge in [0.1, 0.15) is 0 Å². The van der Waals surface area contributed by atoms with E-state index in [0.717, 1.165) is 6.54 Å². The summed E-state index contributed by atoms with van der Waals surface area (Å²) in [5.41, 5.74) is 3.30. The lowest BCUT2D eigenvalue weighted by atomic mass is 10.0. The van der Waals surface area contributed by atoms with E-state index in [0.29, 0.717) is 23.7 Å². The third-order valence-electron chi connectivity index (χ3n) is 5.59. The number of carbonyl (C=O) groups is 1. The number of likely N-dealkylation sites (tertiary alicyclic amines) is 1. The number of benzene rings is 2. The van der Waals surface area contributed by atoms with Crippen LogP contribution in [0.15, 0.2) is 42.5 Å². The van der Waals surface area contributed by atoms with E-state index in [2.05, 4.69) is 39.8 Å². The first-order valence-electron chi connectivity index (χ1n) is 10.4. The van der Waals surface area contributed by atoms with Gasteiger partial charge in [0.15, 0.2) is 11.5 Å². The number of amides is 1. The molecular formula is C23H29N3O3. The van der Waals surface area contributed by atoms with Crippen LogP contribution in [0.2, 0.25) is 0 Å². The molecule has 2 aromatic carbocycles. The minimum atomic E-state index is -0.316. The summed E-state index contributed by atoms with van der Waals surface area (Å²) in [6.07, 6.45) is 3.92. The van der Waals surface area contributed by atoms with Gasteiger partial charge in [0.2, 0.25) is 12.7 Å². The zero-order chi connectivity index (χ0) is 20.1. The van der Waals surface area contributed by atoms with E-state index in [1.54, 1.807) is 6.07 Å². The number of fused-ring (bicyclic) bond motifs is 1. The Morgan fingerprint density at radius 1 is 1.03 bits per heavy atom. The van der Waals surface area contributed by atoms with Crippen molar-refractivity contribution >= 4 is 11.6 Å². The third-order valence-corrected chi connectivity index (χ3v) is 5.59. The second-order valence-corrected chi connectivity index (χ2v) is 7.77. The van der Waals surface area contributed by atoms with Crippen LogP contribution in [-0.4, -0.2) is 36.7 Å². The molecular weight excluding hydrogens is 366 g/mol. The van der Waals surface area contributed by atoms with Gasteiger partial charge in [-0.25, -0.2) is 0 Å². The van der Waals surface area contributed by atoms with Crippen molar-refractivity contribution in [3.8, 4) is 11.5 Å². The first-order chi connectivity index (χ1) is 14.2. The normalized spacial score (nSPS) is 17.1. The highest BCUT2D eigenvalue weighted by atomic mass is 16.7. The van der Waals surface area contributed by atoms with E-state index in [4.69, 9.17) is 9.47 Å². The Morgan fingerprint density at radius 2 is 1.79 bits per heavy atom. The number of anilines is 1. The molecule has 0 radical (unpaired) electrons. The van der Waals surface area contributed by atoms with E-state index >= 15 is 0 Å². The molecule has 2 heterocycles. The Hall–Kier alpha value is -2.57. The van der Waals surface area contributed by atoms with Crippen molar-refractivity contribution in [1.82, 2.24) is 10.2 Å². The summed E-state index contributed by atoms with van der Waals surface area (Å²) in [7, 11) is 0. The molecule has 2 N–H and O–H groups in total. The van der Waals surface area contributed by atoms with Crippen LogP contribution < -0.4 is 20.1 Å². The van der Waals surface area contributed by atoms with Gasteiger partial charge in [-0.15, -0.1) is 0 Å². The molecule has 1 fully saturated rings. The smallest absolute Gasteiger partial charge is 0.241 e. The number of nitrogens with one attached hydrogen (secondary N) is 2. The van der Waals surface area contributed by atoms with Crippen molar-refractivity contribution < 1.29 is 14.3 Å². The molecule has 6 nitrogen and oxygen atoms in total. The molecule has 0 saturated carbocycles. The summed E-state index contributed by atoms with van der Waals surface area (Å²) in [5.74, 6) is 1.30. The molecule has 1 amide bonds. The Kier molecular flexibility index (Phi) is 6.32. The molecule has 1 atom stereocenters. The summed E-state index contributed by atoms with van der Waals surface area (Å²) in [4.78, 5) is 15.1. The average Bonchev–Trinajstić information content (AvgIpc) is 3.21. The molecule has 1 saturated heterocycles. The molecule has 29 heavy (non-hydrogen) atoms. The standard InChI is InChI=1S/C23H29N3O3/c1-17(23(27)25-20-9-10-21-22(13-20)29-16-28-21)24-14-18-7-3-4-8-19(18)15-26-11-5-2-6-12-26/h3-4,7-10,13,17,24H,2,5-6,11-12,14-16H2,1H3,(H,25,27)/t17-/m1/s1. The van der Waals surface area contributed by atoms with Crippen LogP contribution in [0, 0.1) is 0 Å². The van der Waals surface area contributed by atoms with Crippen LogP contribution in [0.25, 0.3) is 0 Å². The van der Waals surface area contributed by atoms with Gasteiger partial charge in [-0.3, -0.25) is 9.69 Å². The maximum atomic E-state index is 12.6. The highest BCUT2D eigenvalue weighted by molar-refractivity contribution is 5.94. The predicted molar refractivity (Wildman–Crippen MR) is 113 cm³/mol. The summed E-state index contributed by atoms with van der Waals surface area (Å²) in [5, 5.41) is 6.31. The number of ether oxygens (including phenoxy) is 2. The number of piperidine rings is 1. The lowest BCUT2D eigenvalue weighted by molar-refractivity contribution is -0.117. The molecule has 4 rings (SSSR count). The molecule has 2 aromatic rings. The molecule has 2 aliphatic heterocycles. The minimum Gasteiger partial charge on any atom is -0.454 e. The van der Waals surface area contributed by atoms with Crippen molar-refractivity contribution in [2.24, 2.45) is 0 Å². The average molecular weight is 396 g/mol. The fraction of sp³-hybridized carbons (Fsp3) is 0.435. The molecule has 154 valence electrons. The van der Waals surface area contributed by atoms with E-state index in [-0.39, 0.29) is 18.7 Å². The topological polar surface area (TPSA) is 62.8 Å². The second-order valence-electron chi connectivity index (χ2n) is 7.77. The van der Waals surface area contributed by atoms with Crippen molar-refractivity contribution in [2.45, 2.75) is 45.3 Å². The van der Waals surface area contributed by atoms with Gasteiger partial charge in [0.25, 0.3) is 0 Å². The fourth-order valence-corrected chi connectivity index (χ4v) is 3.82. The summed E-state index contributed by atoms with van der Waals surface area (Å²) >= 11 is 0. The molecule has 0 bridgehead atoms. The number of rotatable bonds is 7. The van der Waals surface area contributed by atoms with Gasteiger partial charge in [-0.05, 0) is 56.1 Å². The van der Waals surface area contributed by atoms with Crippen LogP contribution in [0.1, 0.15) is 37.3 Å². The summed E-state index contributed by atoms with van der Waals surface area (Å²) in [6.45, 7) is 6.11. The van der Waals surface area contributed by atoms with Crippen LogP contribution in [0.4, 0.5) is 5.69 Å². The lowest BCUT2D eigenvalue weighted by Crippen LogP contribution is -2.38. The monoisotopic (exact) mass is 395 g/mol. The van der Waals surface area contributed by atoms with Crippen molar-refractivity contribution in [3.05, 3.63) is 53.6 Å². The number of hydrogen-bond donors (Lipinski definition) is 2. The summed E-state index contributed by atoms with van der Waals surface area (Å²) < 4.78 is 10.7. The maximum Gasteiger partial charge on any atom is 0.241 e. The van der Waals surface area contributed by atoms with Gasteiger partial charge < -0.3 is 20.1 Å². The number of hydrogen-bond acceptors (Lipinski definition) is 5. The third kappa shape index (κ3) is 5.08. The summed E-state index contributed by atoms with van der Waals surface area (Å²) in [6, 6.07) is 13.6. The first kappa shape index (κ1) is 19.7. The Balaban J connectivity index is 1.32. The zero-order valence-corrected chi connectivity index (χ0v) is 16.9. The highest BCUT2D eigenvalue weighted by Gasteiger charge is 2.17. The van der Waals surface area contributed by atoms with Crippen molar-refractivity contribution in [1.29, 1.82) is 0 Å². The van der Waals surface area contributed by atoms with Crippen molar-refractivity contribution in [2.75, 3.05) is 25.2 Å². The van der Waals surface area contributed by atoms with Gasteiger partial charge >= 0.3 is 0 Å². The van der Waals surface area contributed by atoms with E-state index < -0.39 is 0 Å². The highest BCUT2D eigenvalue weighted by Crippen LogP contribution is 2.34. The SMILES string of the molecule is C[C@@H](NCc1ccccc1CN1CCCCC1)C(=O)Nc1ccc2c(c1)OCO2. The van der Waals surface area contributed by atoms with Crippen molar-refractivity contribution in [3.63, 3.8) is 0 Å². The number of carbonyl (C=O) groups excluding carboxylic acids is 1. The maximum absolute atomic E-state index is 12.6. The minimum absolute atomic E-state index is 0.0719.